The quantitative estimate of drug-likeness (QED) is 0.594. The number of hydrogen-bond acceptors (Lipinski definition) is 5. The van der Waals surface area contributed by atoms with Gasteiger partial charge in [-0.15, -0.1) is 0 Å². The average molecular weight is 301 g/mol. The minimum absolute atomic E-state index is 0.0573. The number of nitrogens with zero attached hydrogens (tertiary/aromatic N) is 1. The number of benzene rings is 2. The molecule has 0 aromatic heterocycles. The maximum Gasteiger partial charge on any atom is 0.168 e. The maximum absolute atomic E-state index is 11.3. The molecule has 7 nitrogen and oxygen atoms in total. The highest BCUT2D eigenvalue weighted by Gasteiger charge is 2.21. The van der Waals surface area contributed by atoms with Gasteiger partial charge in [0.05, 0.1) is 12.0 Å². The molecule has 0 spiro atoms. The highest BCUT2D eigenvalue weighted by atomic mass is 16.8. The summed E-state index contributed by atoms with van der Waals surface area (Å²) in [5.74, 6) is -0.729. The van der Waals surface area contributed by atoms with Crippen LogP contribution in [0.3, 0.4) is 0 Å². The van der Waals surface area contributed by atoms with Crippen molar-refractivity contribution in [2.45, 2.75) is 12.3 Å². The van der Waals surface area contributed by atoms with Gasteiger partial charge in [0.1, 0.15) is 0 Å². The molecule has 3 unspecified atom stereocenters. The van der Waals surface area contributed by atoms with Crippen LogP contribution in [-0.2, 0) is 6.42 Å². The largest absolute Gasteiger partial charge is 0.595 e. The van der Waals surface area contributed by atoms with Gasteiger partial charge in [0, 0.05) is 23.3 Å². The molecule has 3 atom stereocenters. The third kappa shape index (κ3) is 3.47. The molecule has 0 aliphatic rings. The topological polar surface area (TPSA) is 119 Å². The number of hydrogen-bond donors (Lipinski definition) is 4. The highest BCUT2D eigenvalue weighted by molar-refractivity contribution is 5.47. The Bertz CT molecular complexity index is 682. The lowest BCUT2D eigenvalue weighted by Crippen LogP contribution is -2.99. The Labute approximate surface area is 126 Å². The Hall–Kier alpha value is -2.31. The summed E-state index contributed by atoms with van der Waals surface area (Å²) in [5.41, 5.74) is 1.07. The molecule has 0 heterocycles. The van der Waals surface area contributed by atoms with Crippen LogP contribution in [0.1, 0.15) is 17.0 Å². The lowest BCUT2D eigenvalue weighted by atomic mass is 9.91. The van der Waals surface area contributed by atoms with Gasteiger partial charge in [0.25, 0.3) is 0 Å². The zero-order valence-electron chi connectivity index (χ0n) is 11.6. The molecule has 22 heavy (non-hydrogen) atoms. The van der Waals surface area contributed by atoms with Gasteiger partial charge in [0.15, 0.2) is 11.4 Å². The fourth-order valence-corrected chi connectivity index (χ4v) is 2.35. The van der Waals surface area contributed by atoms with Gasteiger partial charge < -0.3 is 10.4 Å². The van der Waals surface area contributed by atoms with Crippen LogP contribution in [0.4, 0.5) is 11.4 Å². The molecule has 2 aromatic rings. The van der Waals surface area contributed by atoms with Gasteiger partial charge in [-0.3, -0.25) is 0 Å². The van der Waals surface area contributed by atoms with Crippen molar-refractivity contribution in [1.29, 1.82) is 5.26 Å². The maximum atomic E-state index is 11.3. The van der Waals surface area contributed by atoms with Crippen molar-refractivity contribution in [3.8, 4) is 6.07 Å². The molecule has 0 saturated heterocycles. The van der Waals surface area contributed by atoms with E-state index in [4.69, 9.17) is 0 Å². The molecule has 0 aliphatic carbocycles. The molecule has 7 heteroatoms. The number of nitrogens with one attached hydrogen (secondary N) is 2. The predicted octanol–water partition coefficient (Wildman–Crippen LogP) is 0.343. The molecule has 2 aromatic carbocycles. The number of rotatable bonds is 5. The smallest absolute Gasteiger partial charge is 0.168 e. The molecule has 0 amide bonds. The van der Waals surface area contributed by atoms with E-state index >= 15 is 0 Å². The molecule has 0 radical (unpaired) electrons. The molecular formula is C15H15N3O4. The first-order valence-electron chi connectivity index (χ1n) is 6.57. The Morgan fingerprint density at radius 3 is 2.09 bits per heavy atom. The van der Waals surface area contributed by atoms with Gasteiger partial charge in [0.2, 0.25) is 0 Å². The van der Waals surface area contributed by atoms with Crippen LogP contribution in [0.2, 0.25) is 0 Å². The fourth-order valence-electron chi connectivity index (χ4n) is 2.35. The van der Waals surface area contributed by atoms with Crippen LogP contribution in [0.15, 0.2) is 48.5 Å². The molecule has 0 aliphatic heterocycles. The molecule has 114 valence electrons. The van der Waals surface area contributed by atoms with Crippen LogP contribution in [-0.4, -0.2) is 10.4 Å². The Morgan fingerprint density at radius 2 is 1.50 bits per heavy atom. The van der Waals surface area contributed by atoms with E-state index in [1.807, 2.05) is 0 Å². The van der Waals surface area contributed by atoms with E-state index in [1.165, 1.54) is 12.1 Å². The molecule has 0 saturated carbocycles. The van der Waals surface area contributed by atoms with Crippen molar-refractivity contribution in [1.82, 2.24) is 0 Å². The summed E-state index contributed by atoms with van der Waals surface area (Å²) in [4.78, 5) is 0. The monoisotopic (exact) mass is 301 g/mol. The number of quaternary nitrogens is 2. The predicted molar refractivity (Wildman–Crippen MR) is 76.5 cm³/mol. The molecular weight excluding hydrogens is 286 g/mol. The second-order valence-electron chi connectivity index (χ2n) is 4.74. The van der Waals surface area contributed by atoms with Crippen LogP contribution in [0, 0.1) is 21.7 Å². The van der Waals surface area contributed by atoms with Crippen molar-refractivity contribution in [3.05, 3.63) is 70.1 Å². The fraction of sp³-hybridized carbons (Fsp3) is 0.133. The van der Waals surface area contributed by atoms with Crippen LogP contribution in [0.5, 0.6) is 0 Å². The van der Waals surface area contributed by atoms with E-state index in [-0.39, 0.29) is 17.8 Å². The Morgan fingerprint density at radius 1 is 0.955 bits per heavy atom. The van der Waals surface area contributed by atoms with Crippen LogP contribution in [0.25, 0.3) is 0 Å². The van der Waals surface area contributed by atoms with Crippen LogP contribution >= 0.6 is 0 Å². The molecule has 0 fully saturated rings. The number of para-hydroxylation sites is 2. The second-order valence-corrected chi connectivity index (χ2v) is 4.74. The standard InChI is InChI=1S/C15H15N3O4/c16-10-12(13-6-2-4-8-15(13)18(21)22)9-11-5-1-3-7-14(11)17(19)20/h1-8,12,17-19,21H,9H2. The summed E-state index contributed by atoms with van der Waals surface area (Å²) < 4.78 is 0. The average Bonchev–Trinajstić information content (AvgIpc) is 2.52. The van der Waals surface area contributed by atoms with Gasteiger partial charge in [-0.25, -0.2) is 10.4 Å². The van der Waals surface area contributed by atoms with Crippen molar-refractivity contribution in [2.75, 3.05) is 0 Å². The third-order valence-electron chi connectivity index (χ3n) is 3.39. The summed E-state index contributed by atoms with van der Waals surface area (Å²) in [6.45, 7) is 0. The summed E-state index contributed by atoms with van der Waals surface area (Å²) in [6, 6.07) is 14.8. The van der Waals surface area contributed by atoms with E-state index in [2.05, 4.69) is 6.07 Å². The first-order valence-corrected chi connectivity index (χ1v) is 6.57. The zero-order chi connectivity index (χ0) is 16.1. The van der Waals surface area contributed by atoms with Gasteiger partial charge in [-0.05, 0) is 6.42 Å². The van der Waals surface area contributed by atoms with Gasteiger partial charge in [-0.1, -0.05) is 36.4 Å². The lowest BCUT2D eigenvalue weighted by Gasteiger charge is -2.20. The highest BCUT2D eigenvalue weighted by Crippen LogP contribution is 2.26. The Kier molecular flexibility index (Phi) is 5.19. The molecule has 2 rings (SSSR count). The van der Waals surface area contributed by atoms with E-state index in [9.17, 15) is 26.1 Å². The number of nitriles is 1. The summed E-state index contributed by atoms with van der Waals surface area (Å²) >= 11 is 0. The van der Waals surface area contributed by atoms with Crippen molar-refractivity contribution >= 4 is 11.4 Å². The lowest BCUT2D eigenvalue weighted by molar-refractivity contribution is -0.991. The Balaban J connectivity index is 2.38. The summed E-state index contributed by atoms with van der Waals surface area (Å²) in [6.07, 6.45) is 0.142. The summed E-state index contributed by atoms with van der Waals surface area (Å²) in [5, 5.41) is 48.1. The van der Waals surface area contributed by atoms with Crippen molar-refractivity contribution < 1.29 is 20.9 Å². The van der Waals surface area contributed by atoms with E-state index in [0.29, 0.717) is 11.1 Å². The SMILES string of the molecule is N#CC(Cc1ccccc1[NH+]([O-])O)c1ccccc1[NH+]([O-])O. The summed E-state index contributed by atoms with van der Waals surface area (Å²) in [7, 11) is 0. The van der Waals surface area contributed by atoms with Crippen molar-refractivity contribution in [3.63, 3.8) is 0 Å². The zero-order valence-corrected chi connectivity index (χ0v) is 11.6. The normalized spacial score (nSPS) is 14.9. The first-order chi connectivity index (χ1) is 10.5. The van der Waals surface area contributed by atoms with E-state index in [0.717, 1.165) is 0 Å². The van der Waals surface area contributed by atoms with Gasteiger partial charge in [-0.2, -0.15) is 15.7 Å². The van der Waals surface area contributed by atoms with Crippen molar-refractivity contribution in [2.24, 2.45) is 0 Å². The minimum atomic E-state index is -1.11. The van der Waals surface area contributed by atoms with E-state index < -0.39 is 16.4 Å². The second kappa shape index (κ2) is 7.11. The first kappa shape index (κ1) is 16.1. The molecule has 0 bridgehead atoms. The van der Waals surface area contributed by atoms with Gasteiger partial charge >= 0.3 is 0 Å². The molecule has 4 N–H and O–H groups in total. The van der Waals surface area contributed by atoms with Crippen LogP contribution < -0.4 is 10.5 Å². The van der Waals surface area contributed by atoms with E-state index in [1.54, 1.807) is 36.4 Å². The third-order valence-corrected chi connectivity index (χ3v) is 3.39. The minimum Gasteiger partial charge on any atom is -0.595 e.